The first-order valence-corrected chi connectivity index (χ1v) is 4.59. The minimum absolute atomic E-state index is 0.0360. The van der Waals surface area contributed by atoms with Gasteiger partial charge in [-0.25, -0.2) is 9.78 Å². The number of aromatic nitrogens is 1. The Morgan fingerprint density at radius 1 is 1.47 bits per heavy atom. The molecule has 0 saturated carbocycles. The van der Waals surface area contributed by atoms with E-state index < -0.39 is 24.3 Å². The molecule has 0 atom stereocenters. The number of nitrogens with zero attached hydrogens (tertiary/aromatic N) is 1. The van der Waals surface area contributed by atoms with E-state index in [9.17, 15) is 14.4 Å². The van der Waals surface area contributed by atoms with E-state index in [0.29, 0.717) is 0 Å². The smallest absolute Gasteiger partial charge is 0.356 e. The minimum Gasteiger partial charge on any atom is -0.476 e. The molecule has 0 fully saturated rings. The van der Waals surface area contributed by atoms with Crippen LogP contribution in [0.5, 0.6) is 0 Å². The molecule has 1 aromatic rings. The first-order chi connectivity index (χ1) is 8.04. The van der Waals surface area contributed by atoms with Crippen molar-refractivity contribution in [3.05, 3.63) is 24.0 Å². The zero-order chi connectivity index (χ0) is 12.8. The number of nitrogens with one attached hydrogen (secondary N) is 1. The number of anilines is 1. The molecular formula is C10H10N2O5. The van der Waals surface area contributed by atoms with Crippen molar-refractivity contribution in [2.75, 3.05) is 12.4 Å². The van der Waals surface area contributed by atoms with Gasteiger partial charge in [0.1, 0.15) is 6.42 Å². The van der Waals surface area contributed by atoms with Crippen LogP contribution in [-0.4, -0.2) is 35.0 Å². The zero-order valence-corrected chi connectivity index (χ0v) is 8.97. The van der Waals surface area contributed by atoms with Crippen molar-refractivity contribution in [1.29, 1.82) is 0 Å². The Bertz CT molecular complexity index is 458. The number of rotatable bonds is 4. The summed E-state index contributed by atoms with van der Waals surface area (Å²) in [5.41, 5.74) is -0.250. The molecule has 0 bridgehead atoms. The van der Waals surface area contributed by atoms with Crippen LogP contribution in [0.2, 0.25) is 0 Å². The van der Waals surface area contributed by atoms with E-state index in [1.165, 1.54) is 18.3 Å². The van der Waals surface area contributed by atoms with Gasteiger partial charge in [-0.2, -0.15) is 0 Å². The van der Waals surface area contributed by atoms with E-state index in [2.05, 4.69) is 15.0 Å². The number of hydrogen-bond donors (Lipinski definition) is 2. The van der Waals surface area contributed by atoms with Crippen molar-refractivity contribution < 1.29 is 24.2 Å². The van der Waals surface area contributed by atoms with Crippen molar-refractivity contribution in [3.63, 3.8) is 0 Å². The summed E-state index contributed by atoms with van der Waals surface area (Å²) < 4.78 is 4.30. The summed E-state index contributed by atoms with van der Waals surface area (Å²) in [5.74, 6) is -2.63. The molecule has 17 heavy (non-hydrogen) atoms. The van der Waals surface area contributed by atoms with Gasteiger partial charge >= 0.3 is 11.9 Å². The van der Waals surface area contributed by atoms with Gasteiger partial charge in [0.15, 0.2) is 5.69 Å². The molecule has 1 aromatic heterocycles. The highest BCUT2D eigenvalue weighted by Crippen LogP contribution is 2.12. The molecule has 7 nitrogen and oxygen atoms in total. The average Bonchev–Trinajstić information content (AvgIpc) is 2.29. The van der Waals surface area contributed by atoms with Gasteiger partial charge in [0.05, 0.1) is 12.8 Å². The lowest BCUT2D eigenvalue weighted by Gasteiger charge is -2.06. The Morgan fingerprint density at radius 3 is 2.76 bits per heavy atom. The Morgan fingerprint density at radius 2 is 2.18 bits per heavy atom. The molecule has 0 spiro atoms. The Hall–Kier alpha value is -2.44. The van der Waals surface area contributed by atoms with Crippen LogP contribution in [-0.2, 0) is 14.3 Å². The Balaban J connectivity index is 2.78. The summed E-state index contributed by atoms with van der Waals surface area (Å²) in [6, 6.07) is 2.85. The molecule has 0 aromatic carbocycles. The highest BCUT2D eigenvalue weighted by molar-refractivity contribution is 6.04. The van der Waals surface area contributed by atoms with Crippen LogP contribution in [0.1, 0.15) is 16.9 Å². The van der Waals surface area contributed by atoms with Gasteiger partial charge in [0, 0.05) is 6.20 Å². The third-order valence-corrected chi connectivity index (χ3v) is 1.82. The minimum atomic E-state index is -1.26. The monoisotopic (exact) mass is 238 g/mol. The van der Waals surface area contributed by atoms with Crippen molar-refractivity contribution in [1.82, 2.24) is 4.98 Å². The molecule has 7 heteroatoms. The van der Waals surface area contributed by atoms with Crippen molar-refractivity contribution in [3.8, 4) is 0 Å². The first kappa shape index (κ1) is 12.6. The van der Waals surface area contributed by atoms with Gasteiger partial charge in [-0.15, -0.1) is 0 Å². The van der Waals surface area contributed by atoms with Crippen LogP contribution >= 0.6 is 0 Å². The van der Waals surface area contributed by atoms with Crippen LogP contribution in [0.4, 0.5) is 5.69 Å². The normalized spacial score (nSPS) is 9.47. The summed E-state index contributed by atoms with van der Waals surface area (Å²) in [7, 11) is 1.16. The fourth-order valence-electron chi connectivity index (χ4n) is 1.07. The first-order valence-electron chi connectivity index (χ1n) is 4.59. The number of methoxy groups -OCH3 is 1. The quantitative estimate of drug-likeness (QED) is 0.576. The third-order valence-electron chi connectivity index (χ3n) is 1.82. The highest BCUT2D eigenvalue weighted by Gasteiger charge is 2.15. The van der Waals surface area contributed by atoms with E-state index in [1.54, 1.807) is 0 Å². The predicted molar refractivity (Wildman–Crippen MR) is 56.5 cm³/mol. The lowest BCUT2D eigenvalue weighted by molar-refractivity contribution is -0.142. The number of carboxylic acid groups (broad SMARTS) is 1. The fraction of sp³-hybridized carbons (Fsp3) is 0.200. The van der Waals surface area contributed by atoms with Crippen LogP contribution in [0.3, 0.4) is 0 Å². The second kappa shape index (κ2) is 5.59. The van der Waals surface area contributed by atoms with Gasteiger partial charge in [0.2, 0.25) is 5.91 Å². The van der Waals surface area contributed by atoms with E-state index in [1.807, 2.05) is 0 Å². The molecular weight excluding hydrogens is 228 g/mol. The molecule has 1 amide bonds. The van der Waals surface area contributed by atoms with Crippen molar-refractivity contribution in [2.45, 2.75) is 6.42 Å². The number of amides is 1. The molecule has 0 saturated heterocycles. The number of ether oxygens (including phenoxy) is 1. The Labute approximate surface area is 96.4 Å². The molecule has 0 aliphatic heterocycles. The standard InChI is InChI=1S/C10H10N2O5/c1-17-8(14)5-7(13)12-6-3-2-4-11-9(6)10(15)16/h2-4H,5H2,1H3,(H,12,13)(H,15,16). The number of aromatic carboxylic acids is 1. The van der Waals surface area contributed by atoms with Crippen LogP contribution in [0.25, 0.3) is 0 Å². The molecule has 1 rings (SSSR count). The molecule has 2 N–H and O–H groups in total. The summed E-state index contributed by atoms with van der Waals surface area (Å²) in [6.07, 6.45) is 0.809. The zero-order valence-electron chi connectivity index (χ0n) is 8.97. The lowest BCUT2D eigenvalue weighted by Crippen LogP contribution is -2.19. The number of hydrogen-bond acceptors (Lipinski definition) is 5. The summed E-state index contributed by atoms with van der Waals surface area (Å²) in [5, 5.41) is 11.1. The number of carbonyl (C=O) groups excluding carboxylic acids is 2. The maximum absolute atomic E-state index is 11.3. The molecule has 0 aliphatic carbocycles. The topological polar surface area (TPSA) is 106 Å². The predicted octanol–water partition coefficient (Wildman–Crippen LogP) is 0.281. The van der Waals surface area contributed by atoms with Crippen LogP contribution < -0.4 is 5.32 Å². The van der Waals surface area contributed by atoms with Crippen molar-refractivity contribution in [2.24, 2.45) is 0 Å². The molecule has 0 radical (unpaired) electrons. The second-order valence-corrected chi connectivity index (χ2v) is 3.01. The molecule has 1 heterocycles. The Kier molecular flexibility index (Phi) is 4.15. The molecule has 0 unspecified atom stereocenters. The second-order valence-electron chi connectivity index (χ2n) is 3.01. The van der Waals surface area contributed by atoms with Gasteiger partial charge in [-0.05, 0) is 12.1 Å². The largest absolute Gasteiger partial charge is 0.476 e. The van der Waals surface area contributed by atoms with Gasteiger partial charge < -0.3 is 15.2 Å². The summed E-state index contributed by atoms with van der Waals surface area (Å²) in [4.78, 5) is 36.5. The van der Waals surface area contributed by atoms with E-state index in [-0.39, 0.29) is 11.4 Å². The maximum Gasteiger partial charge on any atom is 0.356 e. The lowest BCUT2D eigenvalue weighted by atomic mass is 10.3. The number of carboxylic acids is 1. The number of pyridine rings is 1. The average molecular weight is 238 g/mol. The number of esters is 1. The highest BCUT2D eigenvalue weighted by atomic mass is 16.5. The van der Waals surface area contributed by atoms with Crippen LogP contribution in [0, 0.1) is 0 Å². The van der Waals surface area contributed by atoms with Gasteiger partial charge in [-0.3, -0.25) is 9.59 Å². The van der Waals surface area contributed by atoms with Crippen LogP contribution in [0.15, 0.2) is 18.3 Å². The van der Waals surface area contributed by atoms with Gasteiger partial charge in [-0.1, -0.05) is 0 Å². The third kappa shape index (κ3) is 3.56. The van der Waals surface area contributed by atoms with Gasteiger partial charge in [0.25, 0.3) is 0 Å². The number of carbonyl (C=O) groups is 3. The van der Waals surface area contributed by atoms with E-state index >= 15 is 0 Å². The SMILES string of the molecule is COC(=O)CC(=O)Nc1cccnc1C(=O)O. The summed E-state index contributed by atoms with van der Waals surface area (Å²) in [6.45, 7) is 0. The molecule has 90 valence electrons. The van der Waals surface area contributed by atoms with E-state index in [0.717, 1.165) is 7.11 Å². The molecule has 0 aliphatic rings. The van der Waals surface area contributed by atoms with E-state index in [4.69, 9.17) is 5.11 Å². The summed E-state index contributed by atoms with van der Waals surface area (Å²) >= 11 is 0. The van der Waals surface area contributed by atoms with Crippen molar-refractivity contribution >= 4 is 23.5 Å². The fourth-order valence-corrected chi connectivity index (χ4v) is 1.07. The maximum atomic E-state index is 11.3.